The highest BCUT2D eigenvalue weighted by atomic mass is 35.5. The summed E-state index contributed by atoms with van der Waals surface area (Å²) in [6, 6.07) is 13.2. The normalized spacial score (nSPS) is 15.7. The average Bonchev–Trinajstić information content (AvgIpc) is 3.29. The van der Waals surface area contributed by atoms with Crippen molar-refractivity contribution in [2.45, 2.75) is 23.7 Å². The van der Waals surface area contributed by atoms with Crippen LogP contribution < -0.4 is 0 Å². The van der Waals surface area contributed by atoms with E-state index in [0.717, 1.165) is 5.56 Å². The molecule has 0 spiro atoms. The summed E-state index contributed by atoms with van der Waals surface area (Å²) in [5.74, 6) is 0.244. The molecule has 1 aromatic heterocycles. The van der Waals surface area contributed by atoms with Crippen LogP contribution in [0.15, 0.2) is 57.9 Å². The molecule has 0 N–H and O–H groups in total. The van der Waals surface area contributed by atoms with Gasteiger partial charge in [0.15, 0.2) is 5.82 Å². The minimum absolute atomic E-state index is 0.0212. The smallest absolute Gasteiger partial charge is 0.339 e. The highest BCUT2D eigenvalue weighted by Crippen LogP contribution is 2.31. The Morgan fingerprint density at radius 3 is 2.48 bits per heavy atom. The van der Waals surface area contributed by atoms with Crippen molar-refractivity contribution < 1.29 is 22.5 Å². The minimum atomic E-state index is -3.84. The van der Waals surface area contributed by atoms with Crippen molar-refractivity contribution in [1.82, 2.24) is 14.4 Å². The fourth-order valence-corrected chi connectivity index (χ4v) is 5.35. The lowest BCUT2D eigenvalue weighted by Crippen LogP contribution is -2.38. The Morgan fingerprint density at radius 2 is 1.81 bits per heavy atom. The summed E-state index contributed by atoms with van der Waals surface area (Å²) in [5.41, 5.74) is 0.792. The lowest BCUT2D eigenvalue weighted by atomic mass is 9.97. The monoisotopic (exact) mass is 461 g/mol. The molecule has 0 saturated carbocycles. The molecule has 0 unspecified atom stereocenters. The standard InChI is InChI=1S/C21H20ClN3O5S/c1-29-21(26)17-4-2-3-5-18(17)31(27,28)25-12-10-14(11-13-25)19-23-20(30-24-19)15-6-8-16(22)9-7-15/h2-9,14H,10-13H2,1H3. The molecule has 8 nitrogen and oxygen atoms in total. The van der Waals surface area contributed by atoms with Gasteiger partial charge in [0.2, 0.25) is 10.0 Å². The summed E-state index contributed by atoms with van der Waals surface area (Å²) in [5, 5.41) is 4.70. The van der Waals surface area contributed by atoms with Crippen LogP contribution >= 0.6 is 11.6 Å². The van der Waals surface area contributed by atoms with Gasteiger partial charge in [0.05, 0.1) is 17.6 Å². The molecule has 1 aliphatic heterocycles. The second kappa shape index (κ2) is 8.78. The highest BCUT2D eigenvalue weighted by Gasteiger charge is 2.34. The van der Waals surface area contributed by atoms with Crippen molar-refractivity contribution in [3.8, 4) is 11.5 Å². The summed E-state index contributed by atoms with van der Waals surface area (Å²) in [6.45, 7) is 0.570. The molecule has 0 amide bonds. The number of aromatic nitrogens is 2. The first-order valence-electron chi connectivity index (χ1n) is 9.67. The van der Waals surface area contributed by atoms with Crippen LogP contribution in [0.3, 0.4) is 0 Å². The van der Waals surface area contributed by atoms with E-state index < -0.39 is 16.0 Å². The summed E-state index contributed by atoms with van der Waals surface area (Å²) >= 11 is 5.91. The maximum absolute atomic E-state index is 13.1. The molecule has 4 rings (SSSR count). The Kier molecular flexibility index (Phi) is 6.08. The van der Waals surface area contributed by atoms with Gasteiger partial charge in [0.25, 0.3) is 5.89 Å². The van der Waals surface area contributed by atoms with Gasteiger partial charge >= 0.3 is 5.97 Å². The second-order valence-corrected chi connectivity index (χ2v) is 9.47. The van der Waals surface area contributed by atoms with Crippen LogP contribution in [0.5, 0.6) is 0 Å². The zero-order valence-electron chi connectivity index (χ0n) is 16.7. The fraction of sp³-hybridized carbons (Fsp3) is 0.286. The van der Waals surface area contributed by atoms with Gasteiger partial charge in [0, 0.05) is 29.6 Å². The van der Waals surface area contributed by atoms with E-state index in [2.05, 4.69) is 10.1 Å². The van der Waals surface area contributed by atoms with Crippen LogP contribution in [0, 0.1) is 0 Å². The van der Waals surface area contributed by atoms with Gasteiger partial charge in [-0.3, -0.25) is 0 Å². The first kappa shape index (κ1) is 21.5. The molecule has 162 valence electrons. The van der Waals surface area contributed by atoms with E-state index in [0.29, 0.717) is 29.6 Å². The van der Waals surface area contributed by atoms with Crippen LogP contribution in [0.4, 0.5) is 0 Å². The second-order valence-electron chi connectivity index (χ2n) is 7.13. The van der Waals surface area contributed by atoms with Crippen LogP contribution in [-0.4, -0.2) is 49.0 Å². The molecule has 1 fully saturated rings. The Morgan fingerprint density at radius 1 is 1.13 bits per heavy atom. The van der Waals surface area contributed by atoms with E-state index in [1.807, 2.05) is 0 Å². The van der Waals surface area contributed by atoms with E-state index in [1.54, 1.807) is 36.4 Å². The van der Waals surface area contributed by atoms with Crippen molar-refractivity contribution in [3.63, 3.8) is 0 Å². The molecule has 2 aromatic carbocycles. The zero-order chi connectivity index (χ0) is 22.0. The number of rotatable bonds is 5. The van der Waals surface area contributed by atoms with Gasteiger partial charge in [-0.15, -0.1) is 0 Å². The predicted molar refractivity (Wildman–Crippen MR) is 113 cm³/mol. The number of carbonyl (C=O) groups excluding carboxylic acids is 1. The van der Waals surface area contributed by atoms with Gasteiger partial charge in [-0.25, -0.2) is 13.2 Å². The molecule has 10 heteroatoms. The minimum Gasteiger partial charge on any atom is -0.465 e. The Bertz CT molecular complexity index is 1190. The number of carbonyl (C=O) groups is 1. The van der Waals surface area contributed by atoms with Crippen molar-refractivity contribution in [2.75, 3.05) is 20.2 Å². The summed E-state index contributed by atoms with van der Waals surface area (Å²) < 4.78 is 37.8. The third-order valence-electron chi connectivity index (χ3n) is 5.26. The van der Waals surface area contributed by atoms with E-state index in [1.165, 1.54) is 23.5 Å². The number of benzene rings is 2. The maximum atomic E-state index is 13.1. The fourth-order valence-electron chi connectivity index (χ4n) is 3.57. The predicted octanol–water partition coefficient (Wildman–Crippen LogP) is 3.74. The van der Waals surface area contributed by atoms with E-state index in [-0.39, 0.29) is 29.5 Å². The molecule has 3 aromatic rings. The van der Waals surface area contributed by atoms with Crippen molar-refractivity contribution in [2.24, 2.45) is 0 Å². The number of hydrogen-bond acceptors (Lipinski definition) is 7. The SMILES string of the molecule is COC(=O)c1ccccc1S(=O)(=O)N1CCC(c2noc(-c3ccc(Cl)cc3)n2)CC1. The van der Waals surface area contributed by atoms with Crippen LogP contribution in [0.1, 0.15) is 34.9 Å². The number of halogens is 1. The molecule has 0 atom stereocenters. The topological polar surface area (TPSA) is 103 Å². The summed E-state index contributed by atoms with van der Waals surface area (Å²) in [4.78, 5) is 16.4. The number of sulfonamides is 1. The summed E-state index contributed by atoms with van der Waals surface area (Å²) in [6.07, 6.45) is 1.08. The lowest BCUT2D eigenvalue weighted by Gasteiger charge is -2.30. The molecular formula is C21H20ClN3O5S. The average molecular weight is 462 g/mol. The molecule has 2 heterocycles. The maximum Gasteiger partial charge on any atom is 0.339 e. The third-order valence-corrected chi connectivity index (χ3v) is 7.47. The van der Waals surface area contributed by atoms with Crippen molar-refractivity contribution in [1.29, 1.82) is 0 Å². The highest BCUT2D eigenvalue weighted by molar-refractivity contribution is 7.89. The number of piperidine rings is 1. The Hall–Kier alpha value is -2.75. The lowest BCUT2D eigenvalue weighted by molar-refractivity contribution is 0.0596. The molecule has 0 bridgehead atoms. The van der Waals surface area contributed by atoms with E-state index in [9.17, 15) is 13.2 Å². The van der Waals surface area contributed by atoms with E-state index >= 15 is 0 Å². The molecule has 1 saturated heterocycles. The molecule has 1 aliphatic rings. The zero-order valence-corrected chi connectivity index (χ0v) is 18.3. The van der Waals surface area contributed by atoms with Gasteiger partial charge < -0.3 is 9.26 Å². The number of methoxy groups -OCH3 is 1. The number of nitrogens with zero attached hydrogens (tertiary/aromatic N) is 3. The van der Waals surface area contributed by atoms with Gasteiger partial charge in [-0.2, -0.15) is 9.29 Å². The van der Waals surface area contributed by atoms with Gasteiger partial charge in [0.1, 0.15) is 0 Å². The number of esters is 1. The molecule has 31 heavy (non-hydrogen) atoms. The van der Waals surface area contributed by atoms with Crippen LogP contribution in [0.25, 0.3) is 11.5 Å². The first-order valence-corrected chi connectivity index (χ1v) is 11.5. The Labute approximate surface area is 184 Å². The quantitative estimate of drug-likeness (QED) is 0.533. The molecule has 0 aliphatic carbocycles. The molecular weight excluding hydrogens is 442 g/mol. The van der Waals surface area contributed by atoms with Crippen molar-refractivity contribution in [3.05, 3.63) is 64.9 Å². The van der Waals surface area contributed by atoms with Crippen LogP contribution in [0.2, 0.25) is 5.02 Å². The third kappa shape index (κ3) is 4.34. The van der Waals surface area contributed by atoms with Gasteiger partial charge in [-0.1, -0.05) is 28.9 Å². The van der Waals surface area contributed by atoms with E-state index in [4.69, 9.17) is 20.9 Å². The van der Waals surface area contributed by atoms with Crippen molar-refractivity contribution >= 4 is 27.6 Å². The number of ether oxygens (including phenoxy) is 1. The number of hydrogen-bond donors (Lipinski definition) is 0. The van der Waals surface area contributed by atoms with Crippen LogP contribution in [-0.2, 0) is 14.8 Å². The summed E-state index contributed by atoms with van der Waals surface area (Å²) in [7, 11) is -2.62. The molecule has 0 radical (unpaired) electrons. The first-order chi connectivity index (χ1) is 14.9. The van der Waals surface area contributed by atoms with Gasteiger partial charge in [-0.05, 0) is 49.2 Å². The largest absolute Gasteiger partial charge is 0.465 e. The Balaban J connectivity index is 1.48.